The molecule has 0 saturated heterocycles. The Bertz CT molecular complexity index is 287. The molecule has 0 aliphatic heterocycles. The van der Waals surface area contributed by atoms with E-state index in [-0.39, 0.29) is 0 Å². The number of nitrogens with two attached hydrogens (primary N) is 1. The van der Waals surface area contributed by atoms with E-state index in [0.29, 0.717) is 16.6 Å². The van der Waals surface area contributed by atoms with Gasteiger partial charge in [-0.05, 0) is 17.7 Å². The van der Waals surface area contributed by atoms with E-state index < -0.39 is 0 Å². The van der Waals surface area contributed by atoms with Crippen LogP contribution in [0.2, 0.25) is 10.0 Å². The van der Waals surface area contributed by atoms with Crippen LogP contribution >= 0.6 is 23.2 Å². The molecule has 0 saturated carbocycles. The Balaban J connectivity index is 3.21. The third-order valence-corrected chi connectivity index (χ3v) is 2.19. The molecule has 0 unspecified atom stereocenters. The van der Waals surface area contributed by atoms with Crippen LogP contribution in [0.5, 0.6) is 0 Å². The van der Waals surface area contributed by atoms with Crippen LogP contribution in [0.3, 0.4) is 0 Å². The van der Waals surface area contributed by atoms with Gasteiger partial charge in [0.25, 0.3) is 0 Å². The maximum absolute atomic E-state index is 5.90. The van der Waals surface area contributed by atoms with Crippen LogP contribution in [0, 0.1) is 0 Å². The monoisotopic (exact) mass is 201 g/mol. The Morgan fingerprint density at radius 1 is 1.33 bits per heavy atom. The smallest absolute Gasteiger partial charge is 0.0496 e. The second-order valence-electron chi connectivity index (χ2n) is 2.40. The molecule has 1 aromatic carbocycles. The fraction of sp³-hybridized carbons (Fsp3) is 0.111. The number of hydrogen-bond donors (Lipinski definition) is 1. The zero-order valence-corrected chi connectivity index (χ0v) is 7.99. The van der Waals surface area contributed by atoms with Crippen LogP contribution in [0.4, 0.5) is 0 Å². The fourth-order valence-corrected chi connectivity index (χ4v) is 1.60. The van der Waals surface area contributed by atoms with Crippen molar-refractivity contribution in [3.8, 4) is 0 Å². The van der Waals surface area contributed by atoms with Gasteiger partial charge >= 0.3 is 0 Å². The summed E-state index contributed by atoms with van der Waals surface area (Å²) in [5.41, 5.74) is 6.93. The summed E-state index contributed by atoms with van der Waals surface area (Å²) in [6, 6.07) is 5.32. The molecule has 0 spiro atoms. The standard InChI is InChI=1S/C9H9Cl2N/c1-6(5-12)9-7(10)3-2-4-8(9)11/h2-4H,1,5,12H2. The van der Waals surface area contributed by atoms with E-state index in [4.69, 9.17) is 28.9 Å². The first-order valence-electron chi connectivity index (χ1n) is 3.49. The molecule has 64 valence electrons. The molecule has 3 heteroatoms. The Kier molecular flexibility index (Phi) is 3.15. The Morgan fingerprint density at radius 3 is 2.25 bits per heavy atom. The van der Waals surface area contributed by atoms with Gasteiger partial charge in [-0.1, -0.05) is 35.8 Å². The lowest BCUT2D eigenvalue weighted by Gasteiger charge is -2.07. The van der Waals surface area contributed by atoms with Crippen molar-refractivity contribution >= 4 is 28.8 Å². The van der Waals surface area contributed by atoms with E-state index in [9.17, 15) is 0 Å². The van der Waals surface area contributed by atoms with Gasteiger partial charge in [-0.3, -0.25) is 0 Å². The molecular formula is C9H9Cl2N. The topological polar surface area (TPSA) is 26.0 Å². The van der Waals surface area contributed by atoms with Gasteiger partial charge in [-0.2, -0.15) is 0 Å². The summed E-state index contributed by atoms with van der Waals surface area (Å²) in [4.78, 5) is 0. The molecule has 0 bridgehead atoms. The van der Waals surface area contributed by atoms with Crippen molar-refractivity contribution in [3.63, 3.8) is 0 Å². The molecule has 0 aliphatic rings. The largest absolute Gasteiger partial charge is 0.326 e. The van der Waals surface area contributed by atoms with Crippen molar-refractivity contribution in [2.75, 3.05) is 6.54 Å². The van der Waals surface area contributed by atoms with Gasteiger partial charge in [0.05, 0.1) is 0 Å². The molecule has 1 aromatic rings. The highest BCUT2D eigenvalue weighted by Gasteiger charge is 2.06. The van der Waals surface area contributed by atoms with Crippen molar-refractivity contribution in [1.29, 1.82) is 0 Å². The van der Waals surface area contributed by atoms with E-state index in [0.717, 1.165) is 11.1 Å². The van der Waals surface area contributed by atoms with Crippen LogP contribution in [0.15, 0.2) is 24.8 Å². The highest BCUT2D eigenvalue weighted by atomic mass is 35.5. The van der Waals surface area contributed by atoms with Gasteiger partial charge in [0, 0.05) is 22.2 Å². The minimum atomic E-state index is 0.365. The second kappa shape index (κ2) is 3.94. The first-order chi connectivity index (χ1) is 5.66. The number of hydrogen-bond acceptors (Lipinski definition) is 1. The third-order valence-electron chi connectivity index (χ3n) is 1.56. The number of halogens is 2. The molecule has 0 fully saturated rings. The predicted molar refractivity (Wildman–Crippen MR) is 54.6 cm³/mol. The van der Waals surface area contributed by atoms with E-state index in [1.165, 1.54) is 0 Å². The van der Waals surface area contributed by atoms with Gasteiger partial charge in [0.1, 0.15) is 0 Å². The number of rotatable bonds is 2. The average molecular weight is 202 g/mol. The van der Waals surface area contributed by atoms with Crippen molar-refractivity contribution in [1.82, 2.24) is 0 Å². The van der Waals surface area contributed by atoms with Crippen LogP contribution < -0.4 is 5.73 Å². The molecular weight excluding hydrogens is 193 g/mol. The minimum Gasteiger partial charge on any atom is -0.326 e. The second-order valence-corrected chi connectivity index (χ2v) is 3.22. The van der Waals surface area contributed by atoms with Gasteiger partial charge in [0.15, 0.2) is 0 Å². The summed E-state index contributed by atoms with van der Waals surface area (Å²) in [6.07, 6.45) is 0. The lowest BCUT2D eigenvalue weighted by molar-refractivity contribution is 1.27. The summed E-state index contributed by atoms with van der Waals surface area (Å²) in [7, 11) is 0. The van der Waals surface area contributed by atoms with Crippen molar-refractivity contribution in [2.45, 2.75) is 0 Å². The summed E-state index contributed by atoms with van der Waals surface area (Å²) in [5.74, 6) is 0. The molecule has 2 N–H and O–H groups in total. The van der Waals surface area contributed by atoms with Gasteiger partial charge < -0.3 is 5.73 Å². The van der Waals surface area contributed by atoms with Gasteiger partial charge in [-0.25, -0.2) is 0 Å². The summed E-state index contributed by atoms with van der Waals surface area (Å²) >= 11 is 11.8. The molecule has 1 nitrogen and oxygen atoms in total. The molecule has 0 aliphatic carbocycles. The Labute approximate surface area is 81.8 Å². The highest BCUT2D eigenvalue weighted by molar-refractivity contribution is 6.37. The van der Waals surface area contributed by atoms with E-state index in [2.05, 4.69) is 6.58 Å². The Morgan fingerprint density at radius 2 is 1.83 bits per heavy atom. The average Bonchev–Trinajstić information content (AvgIpc) is 2.03. The van der Waals surface area contributed by atoms with Crippen LogP contribution in [-0.2, 0) is 0 Å². The van der Waals surface area contributed by atoms with Crippen molar-refractivity contribution < 1.29 is 0 Å². The number of benzene rings is 1. The molecule has 0 atom stereocenters. The predicted octanol–water partition coefficient (Wildman–Crippen LogP) is 2.97. The van der Waals surface area contributed by atoms with Gasteiger partial charge in [0.2, 0.25) is 0 Å². The molecule has 0 amide bonds. The van der Waals surface area contributed by atoms with Gasteiger partial charge in [-0.15, -0.1) is 0 Å². The molecule has 1 rings (SSSR count). The fourth-order valence-electron chi connectivity index (χ4n) is 0.938. The van der Waals surface area contributed by atoms with Crippen molar-refractivity contribution in [3.05, 3.63) is 40.4 Å². The van der Waals surface area contributed by atoms with Crippen LogP contribution in [0.25, 0.3) is 5.57 Å². The third kappa shape index (κ3) is 1.81. The summed E-state index contributed by atoms with van der Waals surface area (Å²) in [6.45, 7) is 4.14. The SMILES string of the molecule is C=C(CN)c1c(Cl)cccc1Cl. The van der Waals surface area contributed by atoms with E-state index in [1.807, 2.05) is 0 Å². The van der Waals surface area contributed by atoms with E-state index in [1.54, 1.807) is 18.2 Å². The quantitative estimate of drug-likeness (QED) is 0.783. The zero-order valence-electron chi connectivity index (χ0n) is 6.48. The summed E-state index contributed by atoms with van der Waals surface area (Å²) < 4.78 is 0. The normalized spacial score (nSPS) is 9.92. The summed E-state index contributed by atoms with van der Waals surface area (Å²) in [5, 5.41) is 1.19. The molecule has 0 heterocycles. The maximum Gasteiger partial charge on any atom is 0.0496 e. The maximum atomic E-state index is 5.90. The van der Waals surface area contributed by atoms with Crippen LogP contribution in [0.1, 0.15) is 5.56 Å². The molecule has 12 heavy (non-hydrogen) atoms. The van der Waals surface area contributed by atoms with E-state index >= 15 is 0 Å². The zero-order chi connectivity index (χ0) is 9.14. The molecule has 0 aromatic heterocycles. The lowest BCUT2D eigenvalue weighted by atomic mass is 10.1. The van der Waals surface area contributed by atoms with Crippen LogP contribution in [-0.4, -0.2) is 6.54 Å². The first-order valence-corrected chi connectivity index (χ1v) is 4.24. The minimum absolute atomic E-state index is 0.365. The Hall–Kier alpha value is -0.500. The molecule has 0 radical (unpaired) electrons. The first kappa shape index (κ1) is 9.59. The lowest BCUT2D eigenvalue weighted by Crippen LogP contribution is -2.01. The van der Waals surface area contributed by atoms with Crippen molar-refractivity contribution in [2.24, 2.45) is 5.73 Å². The highest BCUT2D eigenvalue weighted by Crippen LogP contribution is 2.29.